The maximum absolute atomic E-state index is 12.9. The number of nitrogens with zero attached hydrogens (tertiary/aromatic N) is 4. The first kappa shape index (κ1) is 18.5. The van der Waals surface area contributed by atoms with E-state index in [4.69, 9.17) is 0 Å². The first-order valence-corrected chi connectivity index (χ1v) is 10.7. The van der Waals surface area contributed by atoms with Gasteiger partial charge in [0.1, 0.15) is 11.3 Å². The lowest BCUT2D eigenvalue weighted by Crippen LogP contribution is -2.29. The summed E-state index contributed by atoms with van der Waals surface area (Å²) >= 11 is 1.75. The van der Waals surface area contributed by atoms with Crippen molar-refractivity contribution in [1.29, 1.82) is 0 Å². The molecule has 0 fully saturated rings. The maximum atomic E-state index is 12.9. The number of hydrogen-bond acceptors (Lipinski definition) is 5. The molecule has 1 atom stereocenters. The molecule has 0 spiro atoms. The normalized spacial score (nSPS) is 12.5. The Hall–Kier alpha value is -2.87. The van der Waals surface area contributed by atoms with Crippen LogP contribution in [0.5, 0.6) is 0 Å². The highest BCUT2D eigenvalue weighted by molar-refractivity contribution is 7.98. The standard InChI is InChI=1S/C20H22N6OS/c1-3-26-18-9-8-13(12-17(18)24-25-26)20(27)23-16(10-11-28-2)19-21-14-6-4-5-7-15(14)22-19/h4-9,12,16H,3,10-11H2,1-2H3,(H,21,22)(H,23,27)/t16-/m1/s1. The molecule has 0 radical (unpaired) electrons. The second-order valence-corrected chi connectivity index (χ2v) is 7.54. The molecule has 1 amide bonds. The van der Waals surface area contributed by atoms with Gasteiger partial charge in [-0.25, -0.2) is 9.67 Å². The number of carbonyl (C=O) groups excluding carboxylic acids is 1. The van der Waals surface area contributed by atoms with E-state index in [9.17, 15) is 4.79 Å². The zero-order valence-corrected chi connectivity index (χ0v) is 16.7. The van der Waals surface area contributed by atoms with Crippen LogP contribution >= 0.6 is 11.8 Å². The number of hydrogen-bond donors (Lipinski definition) is 2. The molecule has 2 heterocycles. The number of para-hydroxylation sites is 2. The van der Waals surface area contributed by atoms with Crippen molar-refractivity contribution in [3.8, 4) is 0 Å². The van der Waals surface area contributed by atoms with E-state index >= 15 is 0 Å². The van der Waals surface area contributed by atoms with Crippen LogP contribution in [0.1, 0.15) is 35.6 Å². The lowest BCUT2D eigenvalue weighted by Gasteiger charge is -2.16. The summed E-state index contributed by atoms with van der Waals surface area (Å²) in [5, 5.41) is 11.4. The predicted molar refractivity (Wildman–Crippen MR) is 113 cm³/mol. The van der Waals surface area contributed by atoms with E-state index in [1.807, 2.05) is 48.0 Å². The minimum absolute atomic E-state index is 0.139. The number of benzene rings is 2. The van der Waals surface area contributed by atoms with Crippen LogP contribution in [0.3, 0.4) is 0 Å². The molecule has 4 rings (SSSR count). The summed E-state index contributed by atoms with van der Waals surface area (Å²) in [4.78, 5) is 20.9. The third-order valence-corrected chi connectivity index (χ3v) is 5.37. The maximum Gasteiger partial charge on any atom is 0.251 e. The van der Waals surface area contributed by atoms with Crippen molar-refractivity contribution in [2.75, 3.05) is 12.0 Å². The van der Waals surface area contributed by atoms with Crippen LogP contribution in [0.15, 0.2) is 42.5 Å². The molecule has 2 N–H and O–H groups in total. The van der Waals surface area contributed by atoms with Gasteiger partial charge in [-0.1, -0.05) is 17.3 Å². The zero-order valence-electron chi connectivity index (χ0n) is 15.8. The average molecular weight is 395 g/mol. The Morgan fingerprint density at radius 3 is 2.89 bits per heavy atom. The molecule has 0 saturated carbocycles. The summed E-state index contributed by atoms with van der Waals surface area (Å²) in [7, 11) is 0. The molecule has 0 bridgehead atoms. The number of nitrogens with one attached hydrogen (secondary N) is 2. The number of amides is 1. The topological polar surface area (TPSA) is 88.5 Å². The quantitative estimate of drug-likeness (QED) is 0.500. The highest BCUT2D eigenvalue weighted by Gasteiger charge is 2.19. The number of H-pyrrole nitrogens is 1. The Balaban J connectivity index is 1.59. The van der Waals surface area contributed by atoms with Crippen LogP contribution < -0.4 is 5.32 Å². The van der Waals surface area contributed by atoms with E-state index in [1.54, 1.807) is 17.8 Å². The van der Waals surface area contributed by atoms with E-state index < -0.39 is 0 Å². The van der Waals surface area contributed by atoms with E-state index in [0.717, 1.165) is 46.6 Å². The van der Waals surface area contributed by atoms with Crippen LogP contribution in [0, 0.1) is 0 Å². The van der Waals surface area contributed by atoms with E-state index in [-0.39, 0.29) is 11.9 Å². The molecule has 2 aromatic heterocycles. The molecular weight excluding hydrogens is 372 g/mol. The molecule has 28 heavy (non-hydrogen) atoms. The van der Waals surface area contributed by atoms with Gasteiger partial charge < -0.3 is 10.3 Å². The fraction of sp³-hybridized carbons (Fsp3) is 0.300. The van der Waals surface area contributed by atoms with Gasteiger partial charge >= 0.3 is 0 Å². The minimum Gasteiger partial charge on any atom is -0.342 e. The Morgan fingerprint density at radius 2 is 2.11 bits per heavy atom. The first-order valence-electron chi connectivity index (χ1n) is 9.27. The molecule has 0 aliphatic rings. The van der Waals surface area contributed by atoms with E-state index in [0.29, 0.717) is 5.56 Å². The van der Waals surface area contributed by atoms with Crippen LogP contribution in [-0.2, 0) is 6.54 Å². The molecule has 2 aromatic carbocycles. The monoisotopic (exact) mass is 394 g/mol. The van der Waals surface area contributed by atoms with E-state index in [1.165, 1.54) is 0 Å². The second kappa shape index (κ2) is 8.02. The summed E-state index contributed by atoms with van der Waals surface area (Å²) < 4.78 is 1.81. The molecule has 0 aliphatic heterocycles. The molecular formula is C20H22N6OS. The number of carbonyl (C=O) groups is 1. The number of thioether (sulfide) groups is 1. The van der Waals surface area contributed by atoms with Crippen LogP contribution in [-0.4, -0.2) is 42.9 Å². The van der Waals surface area contributed by atoms with Crippen molar-refractivity contribution >= 4 is 39.7 Å². The van der Waals surface area contributed by atoms with Gasteiger partial charge in [-0.3, -0.25) is 4.79 Å². The molecule has 0 unspecified atom stereocenters. The van der Waals surface area contributed by atoms with Gasteiger partial charge in [-0.2, -0.15) is 11.8 Å². The molecule has 144 valence electrons. The number of imidazole rings is 1. The highest BCUT2D eigenvalue weighted by atomic mass is 32.2. The average Bonchev–Trinajstić information content (AvgIpc) is 3.34. The molecule has 8 heteroatoms. The van der Waals surface area contributed by atoms with Gasteiger partial charge in [0.2, 0.25) is 0 Å². The Labute approximate surface area is 166 Å². The van der Waals surface area contributed by atoms with Gasteiger partial charge in [0.05, 0.1) is 22.6 Å². The summed E-state index contributed by atoms with van der Waals surface area (Å²) in [5.41, 5.74) is 4.09. The van der Waals surface area contributed by atoms with Gasteiger partial charge in [-0.05, 0) is 55.7 Å². The number of aromatic amines is 1. The van der Waals surface area contributed by atoms with E-state index in [2.05, 4.69) is 31.9 Å². The van der Waals surface area contributed by atoms with Crippen molar-refractivity contribution in [3.63, 3.8) is 0 Å². The van der Waals surface area contributed by atoms with Crippen LogP contribution in [0.25, 0.3) is 22.1 Å². The minimum atomic E-state index is -0.186. The number of aromatic nitrogens is 5. The number of fused-ring (bicyclic) bond motifs is 2. The molecule has 4 aromatic rings. The van der Waals surface area contributed by atoms with Gasteiger partial charge in [0.25, 0.3) is 5.91 Å². The van der Waals surface area contributed by atoms with Crippen molar-refractivity contribution in [2.45, 2.75) is 25.9 Å². The second-order valence-electron chi connectivity index (χ2n) is 6.56. The highest BCUT2D eigenvalue weighted by Crippen LogP contribution is 2.21. The van der Waals surface area contributed by atoms with Gasteiger partial charge in [0.15, 0.2) is 0 Å². The summed E-state index contributed by atoms with van der Waals surface area (Å²) in [6.07, 6.45) is 2.85. The third-order valence-electron chi connectivity index (χ3n) is 4.73. The third kappa shape index (κ3) is 3.60. The summed E-state index contributed by atoms with van der Waals surface area (Å²) in [5.74, 6) is 1.56. The molecule has 7 nitrogen and oxygen atoms in total. The fourth-order valence-electron chi connectivity index (χ4n) is 3.24. The smallest absolute Gasteiger partial charge is 0.251 e. The SMILES string of the molecule is CCn1nnc2cc(C(=O)N[C@H](CCSC)c3nc4ccccc4[nH]3)ccc21. The lowest BCUT2D eigenvalue weighted by molar-refractivity contribution is 0.0934. The Kier molecular flexibility index (Phi) is 5.29. The predicted octanol–water partition coefficient (Wildman–Crippen LogP) is 3.55. The van der Waals surface area contributed by atoms with Gasteiger partial charge in [0, 0.05) is 12.1 Å². The fourth-order valence-corrected chi connectivity index (χ4v) is 3.71. The van der Waals surface area contributed by atoms with Crippen LogP contribution in [0.4, 0.5) is 0 Å². The molecule has 0 aliphatic carbocycles. The molecule has 0 saturated heterocycles. The Bertz CT molecular complexity index is 1090. The first-order chi connectivity index (χ1) is 13.7. The Morgan fingerprint density at radius 1 is 1.25 bits per heavy atom. The number of rotatable bonds is 7. The van der Waals surface area contributed by atoms with Crippen molar-refractivity contribution in [1.82, 2.24) is 30.3 Å². The van der Waals surface area contributed by atoms with Crippen molar-refractivity contribution < 1.29 is 4.79 Å². The summed E-state index contributed by atoms with van der Waals surface area (Å²) in [6.45, 7) is 2.75. The van der Waals surface area contributed by atoms with Crippen LogP contribution in [0.2, 0.25) is 0 Å². The largest absolute Gasteiger partial charge is 0.342 e. The zero-order chi connectivity index (χ0) is 19.5. The number of aryl methyl sites for hydroxylation is 1. The van der Waals surface area contributed by atoms with Crippen molar-refractivity contribution in [2.24, 2.45) is 0 Å². The lowest BCUT2D eigenvalue weighted by atomic mass is 10.1. The van der Waals surface area contributed by atoms with Crippen molar-refractivity contribution in [3.05, 3.63) is 53.9 Å². The summed E-state index contributed by atoms with van der Waals surface area (Å²) in [6, 6.07) is 13.2. The van der Waals surface area contributed by atoms with Gasteiger partial charge in [-0.15, -0.1) is 5.10 Å².